The third kappa shape index (κ3) is 17.7. The Labute approximate surface area is 494 Å². The predicted molar refractivity (Wildman–Crippen MR) is 322 cm³/mol. The van der Waals surface area contributed by atoms with Gasteiger partial charge in [-0.2, -0.15) is 0 Å². The second-order valence-electron chi connectivity index (χ2n) is 20.4. The Balaban J connectivity index is 1.27. The number of carbonyl (C=O) groups is 8. The number of pyridine rings is 1. The van der Waals surface area contributed by atoms with Gasteiger partial charge in [0.15, 0.2) is 0 Å². The molecular weight excluding hydrogens is 1120 g/mol. The number of halogens is 1. The van der Waals surface area contributed by atoms with E-state index >= 15 is 4.79 Å². The summed E-state index contributed by atoms with van der Waals surface area (Å²) in [4.78, 5) is 125. The minimum atomic E-state index is -1.69. The van der Waals surface area contributed by atoms with E-state index in [-0.39, 0.29) is 50.2 Å². The van der Waals surface area contributed by atoms with Crippen LogP contribution in [0.4, 0.5) is 0 Å². The molecule has 3 heterocycles. The van der Waals surface area contributed by atoms with E-state index in [9.17, 15) is 38.7 Å². The molecule has 1 aliphatic rings. The lowest BCUT2D eigenvalue weighted by Crippen LogP contribution is -2.62. The van der Waals surface area contributed by atoms with Crippen LogP contribution in [0.2, 0.25) is 5.02 Å². The first-order valence-corrected chi connectivity index (χ1v) is 30.1. The maximum atomic E-state index is 15.0. The quantitative estimate of drug-likeness (QED) is 0.0435. The maximum Gasteiger partial charge on any atom is 0.245 e. The molecule has 2 aromatic heterocycles. The van der Waals surface area contributed by atoms with Crippen LogP contribution in [0.3, 0.4) is 0 Å². The lowest BCUT2D eigenvalue weighted by molar-refractivity contribution is -0.140. The van der Waals surface area contributed by atoms with E-state index in [0.717, 1.165) is 48.8 Å². The molecule has 4 aromatic carbocycles. The van der Waals surface area contributed by atoms with Crippen LogP contribution in [0, 0.1) is 0 Å². The molecule has 0 saturated carbocycles. The Bertz CT molecular complexity index is 3230. The average molecular weight is 1190 g/mol. The summed E-state index contributed by atoms with van der Waals surface area (Å²) >= 11 is 6.14. The number of hydrogen-bond donors (Lipinski definition) is 11. The number of benzene rings is 4. The second-order valence-corrected chi connectivity index (χ2v) is 23.4. The van der Waals surface area contributed by atoms with Gasteiger partial charge in [0.05, 0.1) is 12.1 Å². The third-order valence-electron chi connectivity index (χ3n) is 14.3. The van der Waals surface area contributed by atoms with Gasteiger partial charge in [0.1, 0.15) is 42.3 Å². The molecule has 13 N–H and O–H groups in total. The number of nitrogens with zero attached hydrogens (tertiary/aromatic N) is 2. The third-order valence-corrected chi connectivity index (χ3v) is 16.9. The van der Waals surface area contributed by atoms with Crippen molar-refractivity contribution in [2.75, 3.05) is 32.1 Å². The molecule has 1 fully saturated rings. The number of aromatic amines is 1. The topological polar surface area (TPSA) is 325 Å². The number of aliphatic hydroxyl groups excluding tert-OH is 1. The van der Waals surface area contributed by atoms with E-state index in [1.165, 1.54) is 32.1 Å². The van der Waals surface area contributed by atoms with Gasteiger partial charge in [-0.25, -0.2) is 0 Å². The van der Waals surface area contributed by atoms with Crippen molar-refractivity contribution in [3.05, 3.63) is 149 Å². The largest absolute Gasteiger partial charge is 0.391 e. The van der Waals surface area contributed by atoms with Crippen molar-refractivity contribution in [1.29, 1.82) is 0 Å². The molecule has 1 aliphatic heterocycles. The number of fused-ring (bicyclic) bond motifs is 2. The van der Waals surface area contributed by atoms with Gasteiger partial charge in [-0.3, -0.25) is 43.3 Å². The van der Waals surface area contributed by atoms with Crippen LogP contribution in [-0.2, 0) is 64.0 Å². The summed E-state index contributed by atoms with van der Waals surface area (Å²) in [6.07, 6.45) is 3.95. The van der Waals surface area contributed by atoms with Gasteiger partial charge in [0.2, 0.25) is 47.3 Å². The number of amides is 8. The van der Waals surface area contributed by atoms with Gasteiger partial charge in [0, 0.05) is 79.4 Å². The monoisotopic (exact) mass is 1190 g/mol. The number of carbonyl (C=O) groups excluding carboxylic acids is 8. The second kappa shape index (κ2) is 30.7. The van der Waals surface area contributed by atoms with Crippen LogP contribution in [0.1, 0.15) is 48.4 Å². The molecule has 1 saturated heterocycles. The smallest absolute Gasteiger partial charge is 0.245 e. The van der Waals surface area contributed by atoms with E-state index in [1.807, 2.05) is 66.7 Å². The van der Waals surface area contributed by atoms with Crippen LogP contribution < -0.4 is 48.7 Å². The van der Waals surface area contributed by atoms with Crippen molar-refractivity contribution in [2.45, 2.75) is 106 Å². The first-order valence-electron chi connectivity index (χ1n) is 27.3. The number of unbranched alkanes of at least 4 members (excludes halogenated alkanes) is 1. The zero-order chi connectivity index (χ0) is 59.6. The van der Waals surface area contributed by atoms with Crippen molar-refractivity contribution < 1.29 is 43.5 Å². The van der Waals surface area contributed by atoms with Crippen molar-refractivity contribution >= 4 is 102 Å². The van der Waals surface area contributed by atoms with E-state index in [4.69, 9.17) is 23.1 Å². The molecule has 9 atom stereocenters. The molecular formula is C59H71ClN12O9S2. The molecule has 0 bridgehead atoms. The Morgan fingerprint density at radius 2 is 1.41 bits per heavy atom. The molecule has 0 spiro atoms. The number of likely N-dealkylation sites (N-methyl/N-ethyl adjacent to an activating group) is 2. The van der Waals surface area contributed by atoms with Crippen LogP contribution in [-0.4, -0.2) is 154 Å². The zero-order valence-electron chi connectivity index (χ0n) is 46.3. The highest BCUT2D eigenvalue weighted by Crippen LogP contribution is 2.26. The Morgan fingerprint density at radius 3 is 2.12 bits per heavy atom. The minimum Gasteiger partial charge on any atom is -0.391 e. The Morgan fingerprint density at radius 1 is 0.747 bits per heavy atom. The van der Waals surface area contributed by atoms with Gasteiger partial charge in [0.25, 0.3) is 0 Å². The first-order chi connectivity index (χ1) is 39.9. The summed E-state index contributed by atoms with van der Waals surface area (Å²) in [5, 5.41) is 33.5. The summed E-state index contributed by atoms with van der Waals surface area (Å²) in [5.74, 6) is -6.53. The molecule has 0 radical (unpaired) electrons. The molecule has 6 aromatic rings. The van der Waals surface area contributed by atoms with Gasteiger partial charge < -0.3 is 63.7 Å². The van der Waals surface area contributed by atoms with Gasteiger partial charge in [-0.1, -0.05) is 112 Å². The molecule has 3 unspecified atom stereocenters. The first kappa shape index (κ1) is 63.0. The summed E-state index contributed by atoms with van der Waals surface area (Å²) in [7, 11) is 4.94. The highest BCUT2D eigenvalue weighted by molar-refractivity contribution is 8.76. The lowest BCUT2D eigenvalue weighted by atomic mass is 10.0. The number of H-pyrrole nitrogens is 1. The SMILES string of the molecule is CNC(=O)[C@H](Cc1ccc2ccccc2c1)NC(=O)C1CSSC[C@@H](N(C)C(=O)[C@@H](N)Cc2ccc(Cl)cc2)C(=O)NC(Cc2cccnc2)C(=O)N[C@H](Cc2c[nH]c3ccccc23)C(=O)N[C@@H](CCCCN)C(=O)NC([C@@H](C)O)C(=O)N1. The minimum absolute atomic E-state index is 0.0182. The molecule has 83 heavy (non-hydrogen) atoms. The van der Waals surface area contributed by atoms with Gasteiger partial charge >= 0.3 is 0 Å². The van der Waals surface area contributed by atoms with E-state index in [2.05, 4.69) is 47.2 Å². The molecule has 0 aliphatic carbocycles. The van der Waals surface area contributed by atoms with Crippen LogP contribution in [0.25, 0.3) is 21.7 Å². The highest BCUT2D eigenvalue weighted by Gasteiger charge is 2.38. The van der Waals surface area contributed by atoms with Crippen LogP contribution in [0.15, 0.2) is 122 Å². The number of nitrogens with one attached hydrogen (secondary N) is 8. The molecule has 24 heteroatoms. The number of aliphatic hydroxyl groups is 1. The number of para-hydroxylation sites is 1. The molecule has 7 rings (SSSR count). The van der Waals surface area contributed by atoms with Crippen molar-refractivity contribution in [2.24, 2.45) is 11.5 Å². The van der Waals surface area contributed by atoms with E-state index in [0.29, 0.717) is 34.6 Å². The summed E-state index contributed by atoms with van der Waals surface area (Å²) in [5.41, 5.74) is 15.8. The predicted octanol–water partition coefficient (Wildman–Crippen LogP) is 2.35. The summed E-state index contributed by atoms with van der Waals surface area (Å²) < 4.78 is 0. The lowest BCUT2D eigenvalue weighted by Gasteiger charge is -2.31. The maximum absolute atomic E-state index is 15.0. The van der Waals surface area contributed by atoms with Crippen molar-refractivity contribution in [3.63, 3.8) is 0 Å². The average Bonchev–Trinajstić information content (AvgIpc) is 4.17. The normalized spacial score (nSPS) is 20.8. The van der Waals surface area contributed by atoms with E-state index < -0.39 is 102 Å². The zero-order valence-corrected chi connectivity index (χ0v) is 48.7. The van der Waals surface area contributed by atoms with Gasteiger partial charge in [-0.15, -0.1) is 0 Å². The number of nitrogens with two attached hydrogens (primary N) is 2. The summed E-state index contributed by atoms with van der Waals surface area (Å²) in [6.45, 7) is 1.53. The fourth-order valence-electron chi connectivity index (χ4n) is 9.60. The molecule has 440 valence electrons. The van der Waals surface area contributed by atoms with E-state index in [1.54, 1.807) is 48.8 Å². The van der Waals surface area contributed by atoms with Crippen molar-refractivity contribution in [1.82, 2.24) is 52.1 Å². The fourth-order valence-corrected chi connectivity index (χ4v) is 12.2. The number of aromatic nitrogens is 2. The Kier molecular flexibility index (Phi) is 23.3. The summed E-state index contributed by atoms with van der Waals surface area (Å²) in [6, 6.07) is 19.9. The van der Waals surface area contributed by atoms with Crippen LogP contribution >= 0.6 is 33.2 Å². The highest BCUT2D eigenvalue weighted by atomic mass is 35.5. The Hall–Kier alpha value is -7.54. The van der Waals surface area contributed by atoms with Crippen LogP contribution in [0.5, 0.6) is 0 Å². The van der Waals surface area contributed by atoms with Crippen molar-refractivity contribution in [3.8, 4) is 0 Å². The fraction of sp³-hybridized carbons (Fsp3) is 0.373. The molecule has 8 amide bonds. The van der Waals surface area contributed by atoms with Gasteiger partial charge in [-0.05, 0) is 96.4 Å². The molecule has 21 nitrogen and oxygen atoms in total. The standard InChI is InChI=1S/C59H71ClN12O9S2/c1-34(73)51-58(80)70-49(56(78)67-46(52(74)63-2)27-36-17-20-38-12-4-5-13-39(38)25-36)32-82-83-33-50(72(3)59(81)43(62)26-35-18-21-41(60)22-19-35)57(79)69-47(28-37-11-10-24-64-30-37)54(76)68-48(29-40-31-65-44-15-7-6-14-42(40)44)55(77)66-45(53(75)71-51)16-8-9-23-61/h4-7,10-15,17-22,24-25,30-31,34,43,45-51,65,73H,8-9,16,23,26-29,32-33,61-62H2,1-3H3,(H,63,74)(H,66,77)(H,67,78)(H,68,76)(H,69,79)(H,70,80)(H,71,75)/t34-,43+,45+,46+,47?,48-,49?,50-,51?/m1/s1. The number of hydrogen-bond acceptors (Lipinski definition) is 14. The number of rotatable bonds is 18.